The van der Waals surface area contributed by atoms with Gasteiger partial charge < -0.3 is 0 Å². The summed E-state index contributed by atoms with van der Waals surface area (Å²) in [6.45, 7) is 13.6. The summed E-state index contributed by atoms with van der Waals surface area (Å²) in [5, 5.41) is 0.811. The molecule has 0 fully saturated rings. The van der Waals surface area contributed by atoms with Gasteiger partial charge in [0.2, 0.25) is 0 Å². The second-order valence-electron chi connectivity index (χ2n) is 11.0. The van der Waals surface area contributed by atoms with Gasteiger partial charge in [-0.25, -0.2) is 12.2 Å². The zero-order valence-corrected chi connectivity index (χ0v) is 25.0. The molecule has 2 heteroatoms. The van der Waals surface area contributed by atoms with Crippen LogP contribution in [0, 0.1) is 12.1 Å². The van der Waals surface area contributed by atoms with Crippen molar-refractivity contribution in [1.29, 1.82) is 0 Å². The summed E-state index contributed by atoms with van der Waals surface area (Å²) in [5.41, 5.74) is 9.91. The number of rotatable bonds is 1. The third-order valence-electron chi connectivity index (χ3n) is 6.07. The van der Waals surface area contributed by atoms with Crippen molar-refractivity contribution in [3.63, 3.8) is 0 Å². The van der Waals surface area contributed by atoms with Gasteiger partial charge in [-0.1, -0.05) is 65.3 Å². The average molecular weight is 558 g/mol. The van der Waals surface area contributed by atoms with Gasteiger partial charge in [-0.3, -0.25) is 6.08 Å². The van der Waals surface area contributed by atoms with Crippen LogP contribution >= 0.6 is 11.6 Å². The zero-order chi connectivity index (χ0) is 25.6. The predicted molar refractivity (Wildman–Crippen MR) is 149 cm³/mol. The molecule has 3 aromatic rings. The summed E-state index contributed by atoms with van der Waals surface area (Å²) in [5.74, 6) is 0. The van der Waals surface area contributed by atoms with E-state index in [2.05, 4.69) is 93.8 Å². The number of allylic oxidation sites excluding steroid dienone is 4. The van der Waals surface area contributed by atoms with Crippen molar-refractivity contribution in [3.05, 3.63) is 118 Å². The molecule has 0 radical (unpaired) electrons. The van der Waals surface area contributed by atoms with E-state index in [0.717, 1.165) is 17.9 Å². The summed E-state index contributed by atoms with van der Waals surface area (Å²) in [7, 11) is 0. The topological polar surface area (TPSA) is 0 Å². The molecule has 35 heavy (non-hydrogen) atoms. The van der Waals surface area contributed by atoms with Crippen LogP contribution in [0.15, 0.2) is 72.8 Å². The van der Waals surface area contributed by atoms with Gasteiger partial charge in [0.25, 0.3) is 0 Å². The molecule has 0 aromatic heterocycles. The molecular formula is C33H35ClZr. The number of hydrogen-bond donors (Lipinski definition) is 0. The maximum Gasteiger partial charge on any atom is -0.109 e. The van der Waals surface area contributed by atoms with Gasteiger partial charge in [-0.15, -0.1) is 17.5 Å². The third-order valence-corrected chi connectivity index (χ3v) is 7.12. The molecule has 0 amide bonds. The smallest absolute Gasteiger partial charge is 0.109 e. The second kappa shape index (κ2) is 11.9. The Labute approximate surface area is 232 Å². The summed E-state index contributed by atoms with van der Waals surface area (Å²) < 4.78 is 2.11. The van der Waals surface area contributed by atoms with Gasteiger partial charge in [0, 0.05) is 0 Å². The van der Waals surface area contributed by atoms with Crippen molar-refractivity contribution >= 4 is 15.3 Å². The molecule has 178 valence electrons. The largest absolute Gasteiger partial charge is 0.273 e. The Morgan fingerprint density at radius 2 is 1.63 bits per heavy atom. The molecule has 2 aliphatic rings. The molecule has 0 aliphatic heterocycles. The van der Waals surface area contributed by atoms with Crippen LogP contribution in [0.2, 0.25) is 5.02 Å². The minimum absolute atomic E-state index is 0.167. The van der Waals surface area contributed by atoms with E-state index in [1.165, 1.54) is 63.2 Å². The molecule has 0 saturated carbocycles. The Hall–Kier alpha value is -1.82. The quantitative estimate of drug-likeness (QED) is 0.205. The van der Waals surface area contributed by atoms with E-state index in [-0.39, 0.29) is 10.8 Å². The first-order chi connectivity index (χ1) is 16.5. The van der Waals surface area contributed by atoms with Crippen LogP contribution in [0.5, 0.6) is 0 Å². The fraction of sp³-hybridized carbons (Fsp3) is 0.303. The molecule has 3 aromatic carbocycles. The van der Waals surface area contributed by atoms with Crippen LogP contribution in [-0.4, -0.2) is 3.71 Å². The van der Waals surface area contributed by atoms with E-state index in [1.807, 2.05) is 36.4 Å². The molecule has 0 nitrogen and oxygen atoms in total. The van der Waals surface area contributed by atoms with E-state index >= 15 is 0 Å². The molecule has 0 heterocycles. The molecule has 0 atom stereocenters. The SMILES string of the molecule is CC(C)(C)c1[c-]c2c(cc1)-c1ccc(C(C)(C)C)cc1C2.Clc1cccc([CH]=[Zr+2])c1.[C-]1=CC=CC1. The van der Waals surface area contributed by atoms with Crippen molar-refractivity contribution in [2.75, 3.05) is 0 Å². The summed E-state index contributed by atoms with van der Waals surface area (Å²) >= 11 is 7.12. The Morgan fingerprint density at radius 3 is 2.14 bits per heavy atom. The van der Waals surface area contributed by atoms with E-state index in [9.17, 15) is 0 Å². The first-order valence-corrected chi connectivity index (χ1v) is 14.0. The van der Waals surface area contributed by atoms with Gasteiger partial charge in [-0.05, 0) is 28.4 Å². The summed E-state index contributed by atoms with van der Waals surface area (Å²) in [4.78, 5) is 0. The van der Waals surface area contributed by atoms with E-state index in [4.69, 9.17) is 11.6 Å². The van der Waals surface area contributed by atoms with Crippen LogP contribution in [0.25, 0.3) is 11.1 Å². The minimum Gasteiger partial charge on any atom is -0.273 e. The average Bonchev–Trinajstić information content (AvgIpc) is 3.49. The Morgan fingerprint density at radius 1 is 0.886 bits per heavy atom. The zero-order valence-electron chi connectivity index (χ0n) is 21.8. The number of fused-ring (bicyclic) bond motifs is 3. The fourth-order valence-corrected chi connectivity index (χ4v) is 4.60. The van der Waals surface area contributed by atoms with E-state index in [1.54, 1.807) is 0 Å². The van der Waals surface area contributed by atoms with Gasteiger partial charge in [0.1, 0.15) is 0 Å². The normalized spacial score (nSPS) is 13.3. The molecule has 5 rings (SSSR count). The monoisotopic (exact) mass is 556 g/mol. The van der Waals surface area contributed by atoms with Crippen LogP contribution in [0.3, 0.4) is 0 Å². The van der Waals surface area contributed by atoms with E-state index in [0.29, 0.717) is 0 Å². The van der Waals surface area contributed by atoms with Crippen LogP contribution in [-0.2, 0) is 41.5 Å². The fourth-order valence-electron chi connectivity index (χ4n) is 3.96. The number of halogens is 1. The third kappa shape index (κ3) is 7.83. The van der Waals surface area contributed by atoms with E-state index < -0.39 is 0 Å². The predicted octanol–water partition coefficient (Wildman–Crippen LogP) is 9.00. The van der Waals surface area contributed by atoms with Crippen molar-refractivity contribution in [1.82, 2.24) is 0 Å². The molecule has 0 spiro atoms. The number of hydrogen-bond acceptors (Lipinski definition) is 0. The van der Waals surface area contributed by atoms with Crippen molar-refractivity contribution in [3.8, 4) is 11.1 Å². The standard InChI is InChI=1S/C21H25.C7H5Cl.C5H5.Zr/c1-20(2,3)16-7-9-18-14(12-16)11-15-13-17(21(4,5)6)8-10-19(15)18;1-6-3-2-4-7(8)5-6;1-2-4-5-3-1;/h7-10,12H,11H2,1-6H3;1-5H;1-3H,4H2;/q-1;;-1;+2. The first-order valence-electron chi connectivity index (χ1n) is 12.2. The maximum atomic E-state index is 5.71. The Bertz CT molecular complexity index is 1160. The minimum atomic E-state index is 0.167. The Balaban J connectivity index is 0.000000199. The molecule has 2 aliphatic carbocycles. The molecule has 0 N–H and O–H groups in total. The summed E-state index contributed by atoms with van der Waals surface area (Å²) in [6, 6.07) is 23.0. The second-order valence-corrected chi connectivity index (χ2v) is 12.2. The van der Waals surface area contributed by atoms with Crippen LogP contribution in [0.1, 0.15) is 75.8 Å². The Kier molecular flexibility index (Phi) is 9.48. The molecule has 0 saturated heterocycles. The van der Waals surface area contributed by atoms with Gasteiger partial charge in [-0.2, -0.15) is 29.8 Å². The number of benzene rings is 3. The van der Waals surface area contributed by atoms with Gasteiger partial charge >= 0.3 is 74.4 Å². The van der Waals surface area contributed by atoms with Crippen molar-refractivity contribution in [2.45, 2.75) is 65.2 Å². The molecule has 0 unspecified atom stereocenters. The van der Waals surface area contributed by atoms with Gasteiger partial charge in [0.15, 0.2) is 0 Å². The van der Waals surface area contributed by atoms with Crippen molar-refractivity contribution < 1.29 is 24.2 Å². The van der Waals surface area contributed by atoms with Crippen LogP contribution < -0.4 is 0 Å². The molecular weight excluding hydrogens is 523 g/mol. The summed E-state index contributed by atoms with van der Waals surface area (Å²) in [6.07, 6.45) is 11.0. The van der Waals surface area contributed by atoms with Gasteiger partial charge in [0.05, 0.1) is 0 Å². The van der Waals surface area contributed by atoms with Crippen LogP contribution in [0.4, 0.5) is 0 Å². The molecule has 0 bridgehead atoms. The first kappa shape index (κ1) is 27.8. The van der Waals surface area contributed by atoms with Crippen molar-refractivity contribution in [2.24, 2.45) is 0 Å². The maximum absolute atomic E-state index is 5.71.